The Labute approximate surface area is 116 Å². The summed E-state index contributed by atoms with van der Waals surface area (Å²) in [4.78, 5) is 13.6. The monoisotopic (exact) mass is 269 g/mol. The molecule has 0 aromatic rings. The fraction of sp³-hybridized carbons (Fsp3) is 0.933. The lowest BCUT2D eigenvalue weighted by atomic mass is 9.62. The summed E-state index contributed by atoms with van der Waals surface area (Å²) in [7, 11) is 0. The first-order valence-corrected chi connectivity index (χ1v) is 7.43. The van der Waals surface area contributed by atoms with Crippen LogP contribution in [0.15, 0.2) is 0 Å². The molecular weight excluding hydrogens is 242 g/mol. The fourth-order valence-corrected chi connectivity index (χ4v) is 2.90. The van der Waals surface area contributed by atoms with Crippen molar-refractivity contribution in [2.45, 2.75) is 65.1 Å². The Morgan fingerprint density at radius 3 is 2.47 bits per heavy atom. The number of rotatable bonds is 4. The molecule has 0 aromatic heterocycles. The molecule has 2 aliphatic rings. The summed E-state index contributed by atoms with van der Waals surface area (Å²) < 4.78 is 11.2. The third-order valence-electron chi connectivity index (χ3n) is 3.88. The van der Waals surface area contributed by atoms with Gasteiger partial charge in [0.1, 0.15) is 5.60 Å². The highest BCUT2D eigenvalue weighted by Crippen LogP contribution is 2.49. The summed E-state index contributed by atoms with van der Waals surface area (Å²) in [6, 6.07) is 0. The smallest absolute Gasteiger partial charge is 0.410 e. The highest BCUT2D eigenvalue weighted by molar-refractivity contribution is 5.69. The molecule has 19 heavy (non-hydrogen) atoms. The van der Waals surface area contributed by atoms with Crippen LogP contribution in [0.3, 0.4) is 0 Å². The van der Waals surface area contributed by atoms with Gasteiger partial charge in [-0.05, 0) is 40.0 Å². The van der Waals surface area contributed by atoms with Crippen LogP contribution in [-0.4, -0.2) is 42.4 Å². The maximum absolute atomic E-state index is 11.8. The van der Waals surface area contributed by atoms with Gasteiger partial charge in [-0.15, -0.1) is 0 Å². The zero-order chi connectivity index (χ0) is 14.1. The average molecular weight is 269 g/mol. The molecule has 0 radical (unpaired) electrons. The molecule has 1 heterocycles. The zero-order valence-electron chi connectivity index (χ0n) is 12.7. The van der Waals surface area contributed by atoms with Crippen molar-refractivity contribution in [2.24, 2.45) is 5.41 Å². The van der Waals surface area contributed by atoms with Crippen molar-refractivity contribution in [1.29, 1.82) is 0 Å². The minimum atomic E-state index is -0.398. The van der Waals surface area contributed by atoms with E-state index in [4.69, 9.17) is 9.47 Å². The van der Waals surface area contributed by atoms with E-state index in [1.807, 2.05) is 25.7 Å². The van der Waals surface area contributed by atoms with Crippen LogP contribution < -0.4 is 0 Å². The van der Waals surface area contributed by atoms with E-state index in [9.17, 15) is 4.79 Å². The Bertz CT molecular complexity index is 321. The molecule has 0 atom stereocenters. The molecule has 0 unspecified atom stereocenters. The SMILES string of the molecule is CCCCOC1CC2(C1)CN(C(=O)OC(C)(C)C)C2. The second-order valence-corrected chi connectivity index (χ2v) is 7.09. The topological polar surface area (TPSA) is 38.8 Å². The highest BCUT2D eigenvalue weighted by Gasteiger charge is 2.54. The van der Waals surface area contributed by atoms with Crippen molar-refractivity contribution in [3.8, 4) is 0 Å². The largest absolute Gasteiger partial charge is 0.444 e. The standard InChI is InChI=1S/C15H27NO3/c1-5-6-7-18-12-8-15(9-12)10-16(11-15)13(17)19-14(2,3)4/h12H,5-11H2,1-4H3. The third-order valence-corrected chi connectivity index (χ3v) is 3.88. The van der Waals surface area contributed by atoms with Crippen LogP contribution in [0.4, 0.5) is 4.79 Å². The Morgan fingerprint density at radius 1 is 1.32 bits per heavy atom. The van der Waals surface area contributed by atoms with Gasteiger partial charge in [-0.3, -0.25) is 0 Å². The summed E-state index contributed by atoms with van der Waals surface area (Å²) in [5.74, 6) is 0. The van der Waals surface area contributed by atoms with Gasteiger partial charge in [-0.1, -0.05) is 13.3 Å². The van der Waals surface area contributed by atoms with Crippen LogP contribution in [-0.2, 0) is 9.47 Å². The predicted molar refractivity (Wildman–Crippen MR) is 74.1 cm³/mol. The van der Waals surface area contributed by atoms with Crippen molar-refractivity contribution >= 4 is 6.09 Å². The molecule has 4 nitrogen and oxygen atoms in total. The van der Waals surface area contributed by atoms with E-state index in [0.29, 0.717) is 11.5 Å². The molecular formula is C15H27NO3. The van der Waals surface area contributed by atoms with E-state index < -0.39 is 5.60 Å². The van der Waals surface area contributed by atoms with Crippen molar-refractivity contribution in [1.82, 2.24) is 4.90 Å². The lowest BCUT2D eigenvalue weighted by Crippen LogP contribution is -2.65. The minimum absolute atomic E-state index is 0.173. The van der Waals surface area contributed by atoms with E-state index in [1.54, 1.807) is 0 Å². The van der Waals surface area contributed by atoms with Crippen LogP contribution in [0.2, 0.25) is 0 Å². The van der Waals surface area contributed by atoms with Gasteiger partial charge in [0.15, 0.2) is 0 Å². The number of carbonyl (C=O) groups excluding carboxylic acids is 1. The molecule has 1 amide bonds. The van der Waals surface area contributed by atoms with Gasteiger partial charge in [0.05, 0.1) is 6.10 Å². The molecule has 110 valence electrons. The lowest BCUT2D eigenvalue weighted by Gasteiger charge is -2.58. The van der Waals surface area contributed by atoms with Crippen LogP contribution in [0.1, 0.15) is 53.4 Å². The number of unbranched alkanes of at least 4 members (excludes halogenated alkanes) is 1. The van der Waals surface area contributed by atoms with Crippen molar-refractivity contribution in [3.63, 3.8) is 0 Å². The Kier molecular flexibility index (Phi) is 4.09. The van der Waals surface area contributed by atoms with E-state index in [2.05, 4.69) is 6.92 Å². The first kappa shape index (κ1) is 14.6. The lowest BCUT2D eigenvalue weighted by molar-refractivity contribution is -0.146. The number of hydrogen-bond acceptors (Lipinski definition) is 3. The van der Waals surface area contributed by atoms with Crippen LogP contribution in [0.5, 0.6) is 0 Å². The quantitative estimate of drug-likeness (QED) is 0.736. The van der Waals surface area contributed by atoms with Crippen molar-refractivity contribution < 1.29 is 14.3 Å². The Balaban J connectivity index is 1.63. The number of hydrogen-bond donors (Lipinski definition) is 0. The third kappa shape index (κ3) is 3.62. The normalized spacial score (nSPS) is 22.0. The number of likely N-dealkylation sites (tertiary alicyclic amines) is 1. The number of amides is 1. The maximum Gasteiger partial charge on any atom is 0.410 e. The molecule has 0 N–H and O–H groups in total. The molecule has 0 bridgehead atoms. The van der Waals surface area contributed by atoms with E-state index in [1.165, 1.54) is 6.42 Å². The van der Waals surface area contributed by atoms with Gasteiger partial charge >= 0.3 is 6.09 Å². The summed E-state index contributed by atoms with van der Waals surface area (Å²) >= 11 is 0. The van der Waals surface area contributed by atoms with Crippen LogP contribution in [0, 0.1) is 5.41 Å². The molecule has 1 aliphatic heterocycles. The van der Waals surface area contributed by atoms with Crippen molar-refractivity contribution in [2.75, 3.05) is 19.7 Å². The molecule has 2 rings (SSSR count). The molecule has 1 saturated heterocycles. The molecule has 1 spiro atoms. The second-order valence-electron chi connectivity index (χ2n) is 7.09. The fourth-order valence-electron chi connectivity index (χ4n) is 2.90. The van der Waals surface area contributed by atoms with Gasteiger partial charge in [-0.25, -0.2) is 4.79 Å². The first-order chi connectivity index (χ1) is 8.84. The van der Waals surface area contributed by atoms with Gasteiger partial charge < -0.3 is 14.4 Å². The highest BCUT2D eigenvalue weighted by atomic mass is 16.6. The van der Waals surface area contributed by atoms with E-state index in [0.717, 1.165) is 39.0 Å². The van der Waals surface area contributed by atoms with E-state index >= 15 is 0 Å². The summed E-state index contributed by atoms with van der Waals surface area (Å²) in [5.41, 5.74) is -0.0565. The van der Waals surface area contributed by atoms with Gasteiger partial charge in [0.2, 0.25) is 0 Å². The Hall–Kier alpha value is -0.770. The number of nitrogens with zero attached hydrogens (tertiary/aromatic N) is 1. The first-order valence-electron chi connectivity index (χ1n) is 7.43. The molecule has 1 saturated carbocycles. The maximum atomic E-state index is 11.8. The van der Waals surface area contributed by atoms with Crippen molar-refractivity contribution in [3.05, 3.63) is 0 Å². The predicted octanol–water partition coefficient (Wildman–Crippen LogP) is 3.20. The van der Waals surface area contributed by atoms with Crippen LogP contribution in [0.25, 0.3) is 0 Å². The minimum Gasteiger partial charge on any atom is -0.444 e. The summed E-state index contributed by atoms with van der Waals surface area (Å²) in [6.45, 7) is 10.5. The van der Waals surface area contributed by atoms with E-state index in [-0.39, 0.29) is 6.09 Å². The Morgan fingerprint density at radius 2 is 1.95 bits per heavy atom. The summed E-state index contributed by atoms with van der Waals surface area (Å²) in [5, 5.41) is 0. The second kappa shape index (κ2) is 5.31. The van der Waals surface area contributed by atoms with Gasteiger partial charge in [0, 0.05) is 25.1 Å². The van der Waals surface area contributed by atoms with Crippen LogP contribution >= 0.6 is 0 Å². The summed E-state index contributed by atoms with van der Waals surface area (Å²) in [6.07, 6.45) is 4.80. The molecule has 4 heteroatoms. The average Bonchev–Trinajstić information content (AvgIpc) is 2.15. The zero-order valence-corrected chi connectivity index (χ0v) is 12.7. The number of ether oxygens (including phenoxy) is 2. The molecule has 0 aromatic carbocycles. The molecule has 2 fully saturated rings. The van der Waals surface area contributed by atoms with Gasteiger partial charge in [-0.2, -0.15) is 0 Å². The van der Waals surface area contributed by atoms with Gasteiger partial charge in [0.25, 0.3) is 0 Å². The number of carbonyl (C=O) groups is 1. The molecule has 1 aliphatic carbocycles.